The van der Waals surface area contributed by atoms with Crippen molar-refractivity contribution >= 4 is 5.91 Å². The molecule has 150 valence electrons. The molecule has 1 aromatic carbocycles. The van der Waals surface area contributed by atoms with Crippen molar-refractivity contribution in [3.05, 3.63) is 48.2 Å². The second kappa shape index (κ2) is 8.50. The summed E-state index contributed by atoms with van der Waals surface area (Å²) in [5.41, 5.74) is 2.63. The molecule has 1 spiro atoms. The maximum Gasteiger partial charge on any atom is 0.223 e. The Morgan fingerprint density at radius 1 is 1.18 bits per heavy atom. The lowest BCUT2D eigenvalue weighted by atomic mass is 9.77. The van der Waals surface area contributed by atoms with Crippen molar-refractivity contribution < 1.29 is 13.9 Å². The van der Waals surface area contributed by atoms with Gasteiger partial charge in [-0.25, -0.2) is 0 Å². The topological polar surface area (TPSA) is 45.9 Å². The zero-order valence-corrected chi connectivity index (χ0v) is 16.7. The standard InChI is InChI=1S/C23H30N2O3/c1-27-13-4-10-25-18-23(16-22(25)26)8-11-24(12-9-23)17-19-5-2-6-20(15-19)21-7-3-14-28-21/h2-3,5-7,14-15H,4,8-13,16-18H2,1H3. The third-order valence-electron chi connectivity index (χ3n) is 6.24. The number of likely N-dealkylation sites (tertiary alicyclic amines) is 2. The maximum atomic E-state index is 12.4. The van der Waals surface area contributed by atoms with E-state index in [1.54, 1.807) is 13.4 Å². The first-order valence-corrected chi connectivity index (χ1v) is 10.3. The lowest BCUT2D eigenvalue weighted by Crippen LogP contribution is -2.41. The number of methoxy groups -OCH3 is 1. The van der Waals surface area contributed by atoms with Gasteiger partial charge in [0.05, 0.1) is 6.26 Å². The number of hydrogen-bond acceptors (Lipinski definition) is 4. The third-order valence-corrected chi connectivity index (χ3v) is 6.24. The fraction of sp³-hybridized carbons (Fsp3) is 0.522. The van der Waals surface area contributed by atoms with Crippen molar-refractivity contribution in [2.75, 3.05) is 39.9 Å². The lowest BCUT2D eigenvalue weighted by Gasteiger charge is -2.39. The van der Waals surface area contributed by atoms with E-state index in [0.29, 0.717) is 5.91 Å². The molecule has 2 fully saturated rings. The highest BCUT2D eigenvalue weighted by Crippen LogP contribution is 2.41. The number of carbonyl (C=O) groups is 1. The normalized spacial score (nSPS) is 19.6. The molecule has 2 aromatic rings. The van der Waals surface area contributed by atoms with Gasteiger partial charge in [0.2, 0.25) is 5.91 Å². The van der Waals surface area contributed by atoms with Gasteiger partial charge in [0, 0.05) is 45.3 Å². The van der Waals surface area contributed by atoms with Crippen molar-refractivity contribution in [1.82, 2.24) is 9.80 Å². The Morgan fingerprint density at radius 2 is 2.04 bits per heavy atom. The summed E-state index contributed by atoms with van der Waals surface area (Å²) in [6, 6.07) is 12.5. The summed E-state index contributed by atoms with van der Waals surface area (Å²) in [4.78, 5) is 17.0. The molecule has 0 N–H and O–H groups in total. The van der Waals surface area contributed by atoms with Gasteiger partial charge in [-0.05, 0) is 61.5 Å². The van der Waals surface area contributed by atoms with E-state index >= 15 is 0 Å². The minimum absolute atomic E-state index is 0.191. The zero-order valence-electron chi connectivity index (χ0n) is 16.7. The maximum absolute atomic E-state index is 12.4. The van der Waals surface area contributed by atoms with Crippen LogP contribution in [0, 0.1) is 5.41 Å². The molecule has 3 heterocycles. The first kappa shape index (κ1) is 19.2. The number of furan rings is 1. The van der Waals surface area contributed by atoms with Gasteiger partial charge in [-0.1, -0.05) is 18.2 Å². The number of ether oxygens (including phenoxy) is 1. The molecule has 2 aliphatic heterocycles. The highest BCUT2D eigenvalue weighted by atomic mass is 16.5. The van der Waals surface area contributed by atoms with Crippen LogP contribution in [0.15, 0.2) is 47.1 Å². The van der Waals surface area contributed by atoms with E-state index in [4.69, 9.17) is 9.15 Å². The van der Waals surface area contributed by atoms with Gasteiger partial charge in [0.15, 0.2) is 0 Å². The second-order valence-electron chi connectivity index (χ2n) is 8.29. The van der Waals surface area contributed by atoms with Crippen LogP contribution in [0.5, 0.6) is 0 Å². The predicted octanol–water partition coefficient (Wildman–Crippen LogP) is 3.80. The first-order chi connectivity index (χ1) is 13.7. The minimum Gasteiger partial charge on any atom is -0.464 e. The van der Waals surface area contributed by atoms with Crippen molar-refractivity contribution in [2.45, 2.75) is 32.2 Å². The summed E-state index contributed by atoms with van der Waals surface area (Å²) in [6.07, 6.45) is 5.58. The van der Waals surface area contributed by atoms with Gasteiger partial charge in [0.25, 0.3) is 0 Å². The molecule has 28 heavy (non-hydrogen) atoms. The van der Waals surface area contributed by atoms with Crippen LogP contribution in [0.1, 0.15) is 31.2 Å². The van der Waals surface area contributed by atoms with E-state index in [2.05, 4.69) is 34.1 Å². The van der Waals surface area contributed by atoms with Crippen LogP contribution in [-0.2, 0) is 16.1 Å². The summed E-state index contributed by atoms with van der Waals surface area (Å²) in [6.45, 7) is 5.56. The molecule has 2 saturated heterocycles. The van der Waals surface area contributed by atoms with Crippen LogP contribution in [0.3, 0.4) is 0 Å². The number of carbonyl (C=O) groups excluding carboxylic acids is 1. The molecule has 0 radical (unpaired) electrons. The Balaban J connectivity index is 1.31. The minimum atomic E-state index is 0.191. The highest BCUT2D eigenvalue weighted by molar-refractivity contribution is 5.79. The molecule has 0 saturated carbocycles. The van der Waals surface area contributed by atoms with Crippen molar-refractivity contribution in [3.8, 4) is 11.3 Å². The second-order valence-corrected chi connectivity index (χ2v) is 8.29. The monoisotopic (exact) mass is 382 g/mol. The van der Waals surface area contributed by atoms with Gasteiger partial charge in [-0.15, -0.1) is 0 Å². The summed E-state index contributed by atoms with van der Waals surface area (Å²) in [5.74, 6) is 1.24. The molecule has 4 rings (SSSR count). The van der Waals surface area contributed by atoms with Crippen molar-refractivity contribution in [2.24, 2.45) is 5.41 Å². The number of rotatable bonds is 7. The fourth-order valence-corrected chi connectivity index (χ4v) is 4.63. The highest BCUT2D eigenvalue weighted by Gasteiger charge is 2.44. The van der Waals surface area contributed by atoms with Gasteiger partial charge in [0.1, 0.15) is 5.76 Å². The molecule has 2 aliphatic rings. The Labute approximate surface area is 167 Å². The lowest BCUT2D eigenvalue weighted by molar-refractivity contribution is -0.128. The summed E-state index contributed by atoms with van der Waals surface area (Å²) in [7, 11) is 1.72. The number of amides is 1. The largest absolute Gasteiger partial charge is 0.464 e. The third kappa shape index (κ3) is 4.31. The summed E-state index contributed by atoms with van der Waals surface area (Å²) in [5, 5.41) is 0. The van der Waals surface area contributed by atoms with Gasteiger partial charge in [-0.2, -0.15) is 0 Å². The van der Waals surface area contributed by atoms with E-state index in [1.165, 1.54) is 5.56 Å². The molecule has 1 aromatic heterocycles. The number of piperidine rings is 1. The van der Waals surface area contributed by atoms with E-state index in [9.17, 15) is 4.79 Å². The van der Waals surface area contributed by atoms with E-state index in [0.717, 1.165) is 76.3 Å². The van der Waals surface area contributed by atoms with Crippen LogP contribution in [0.4, 0.5) is 0 Å². The number of benzene rings is 1. The van der Waals surface area contributed by atoms with Crippen LogP contribution in [-0.4, -0.2) is 55.6 Å². The molecule has 1 amide bonds. The zero-order chi connectivity index (χ0) is 19.4. The van der Waals surface area contributed by atoms with Crippen LogP contribution in [0.25, 0.3) is 11.3 Å². The summed E-state index contributed by atoms with van der Waals surface area (Å²) >= 11 is 0. The molecule has 0 atom stereocenters. The van der Waals surface area contributed by atoms with E-state index in [1.807, 2.05) is 12.1 Å². The van der Waals surface area contributed by atoms with Crippen LogP contribution >= 0.6 is 0 Å². The Hall–Kier alpha value is -2.11. The molecule has 5 heteroatoms. The van der Waals surface area contributed by atoms with Gasteiger partial charge in [-0.3, -0.25) is 9.69 Å². The Bertz CT molecular complexity index is 779. The van der Waals surface area contributed by atoms with Gasteiger partial charge >= 0.3 is 0 Å². The van der Waals surface area contributed by atoms with Gasteiger partial charge < -0.3 is 14.1 Å². The Morgan fingerprint density at radius 3 is 2.79 bits per heavy atom. The van der Waals surface area contributed by atoms with Crippen LogP contribution < -0.4 is 0 Å². The first-order valence-electron chi connectivity index (χ1n) is 10.3. The van der Waals surface area contributed by atoms with Crippen LogP contribution in [0.2, 0.25) is 0 Å². The predicted molar refractivity (Wildman–Crippen MR) is 109 cm³/mol. The summed E-state index contributed by atoms with van der Waals surface area (Å²) < 4.78 is 10.7. The average Bonchev–Trinajstić information content (AvgIpc) is 3.34. The average molecular weight is 383 g/mol. The molecule has 0 bridgehead atoms. The van der Waals surface area contributed by atoms with Crippen molar-refractivity contribution in [1.29, 1.82) is 0 Å². The molecule has 0 unspecified atom stereocenters. The Kier molecular flexibility index (Phi) is 5.83. The van der Waals surface area contributed by atoms with Crippen molar-refractivity contribution in [3.63, 3.8) is 0 Å². The molecule has 5 nitrogen and oxygen atoms in total. The fourth-order valence-electron chi connectivity index (χ4n) is 4.63. The molecular weight excluding hydrogens is 352 g/mol. The van der Waals surface area contributed by atoms with E-state index < -0.39 is 0 Å². The number of hydrogen-bond donors (Lipinski definition) is 0. The number of nitrogens with zero attached hydrogens (tertiary/aromatic N) is 2. The van der Waals surface area contributed by atoms with E-state index in [-0.39, 0.29) is 5.41 Å². The quantitative estimate of drug-likeness (QED) is 0.684. The smallest absolute Gasteiger partial charge is 0.223 e. The SMILES string of the molecule is COCCCN1CC2(CCN(Cc3cccc(-c4ccco4)c3)CC2)CC1=O. The molecular formula is C23H30N2O3. The molecule has 0 aliphatic carbocycles.